The Morgan fingerprint density at radius 1 is 0.622 bits per heavy atom. The Morgan fingerprint density at radius 3 is 1.35 bits per heavy atom. The molecule has 37 heavy (non-hydrogen) atoms. The van der Waals surface area contributed by atoms with Crippen LogP contribution < -0.4 is 5.73 Å². The maximum absolute atomic E-state index is 12.5. The number of esters is 2. The van der Waals surface area contributed by atoms with Crippen LogP contribution in [-0.4, -0.2) is 55.6 Å². The van der Waals surface area contributed by atoms with E-state index >= 15 is 0 Å². The molecule has 0 aromatic rings. The molecule has 0 aromatic carbocycles. The molecule has 0 rings (SSSR count). The molecule has 0 aliphatic heterocycles. The fraction of sp³-hybridized carbons (Fsp3) is 0.900. The van der Waals surface area contributed by atoms with Gasteiger partial charge in [0.25, 0.3) is 5.91 Å². The third-order valence-corrected chi connectivity index (χ3v) is 7.24. The van der Waals surface area contributed by atoms with Crippen LogP contribution in [0.1, 0.15) is 130 Å². The number of quaternary nitrogens is 1. The molecule has 7 heteroatoms. The van der Waals surface area contributed by atoms with E-state index in [-0.39, 0.29) is 49.4 Å². The second-order valence-electron chi connectivity index (χ2n) is 10.3. The third-order valence-electron chi connectivity index (χ3n) is 7.24. The molecule has 2 atom stereocenters. The monoisotopic (exact) mass is 527 g/mol. The Kier molecular flexibility index (Phi) is 23.6. The molecule has 0 heterocycles. The summed E-state index contributed by atoms with van der Waals surface area (Å²) in [6, 6.07) is 0. The molecule has 7 nitrogen and oxygen atoms in total. The predicted molar refractivity (Wildman–Crippen MR) is 150 cm³/mol. The Morgan fingerprint density at radius 2 is 1.00 bits per heavy atom. The molecule has 0 saturated heterocycles. The lowest BCUT2D eigenvalue weighted by atomic mass is 9.98. The lowest BCUT2D eigenvalue weighted by Crippen LogP contribution is -2.58. The van der Waals surface area contributed by atoms with E-state index in [2.05, 4.69) is 19.6 Å². The van der Waals surface area contributed by atoms with Crippen molar-refractivity contribution in [2.75, 3.05) is 32.8 Å². The normalized spacial score (nSPS) is 12.7. The number of nitrogens with zero attached hydrogens (tertiary/aromatic N) is 1. The topological polar surface area (TPSA) is 101 Å². The summed E-state index contributed by atoms with van der Waals surface area (Å²) in [5.74, 6) is -0.649. The van der Waals surface area contributed by atoms with Gasteiger partial charge in [-0.1, -0.05) is 105 Å². The van der Waals surface area contributed by atoms with Crippen molar-refractivity contribution in [3.8, 4) is 0 Å². The van der Waals surface area contributed by atoms with Gasteiger partial charge in [0.2, 0.25) is 0 Å². The average Bonchev–Trinajstić information content (AvgIpc) is 2.90. The first-order valence-corrected chi connectivity index (χ1v) is 15.3. The first kappa shape index (κ1) is 35.4. The second-order valence-corrected chi connectivity index (χ2v) is 10.3. The minimum atomic E-state index is -0.176. The summed E-state index contributed by atoms with van der Waals surface area (Å²) in [7, 11) is 0. The summed E-state index contributed by atoms with van der Waals surface area (Å²) in [6.07, 6.45) is 17.7. The first-order chi connectivity index (χ1) is 17.9. The van der Waals surface area contributed by atoms with Crippen molar-refractivity contribution in [3.05, 3.63) is 0 Å². The quantitative estimate of drug-likeness (QED) is 0.121. The van der Waals surface area contributed by atoms with Crippen LogP contribution in [0, 0.1) is 11.8 Å². The highest BCUT2D eigenvalue weighted by atomic mass is 16.5. The zero-order chi connectivity index (χ0) is 27.7. The molecule has 0 radical (unpaired) electrons. The molecule has 218 valence electrons. The highest BCUT2D eigenvalue weighted by molar-refractivity contribution is 5.77. The zero-order valence-electron chi connectivity index (χ0n) is 24.7. The lowest BCUT2D eigenvalue weighted by molar-refractivity contribution is -0.357. The zero-order valence-corrected chi connectivity index (χ0v) is 24.7. The summed E-state index contributed by atoms with van der Waals surface area (Å²) < 4.78 is 11.0. The third kappa shape index (κ3) is 18.3. The van der Waals surface area contributed by atoms with Gasteiger partial charge in [0.1, 0.15) is 13.2 Å². The standard InChI is InChI=1S/C30H58N2O5/c1-5-9-11-13-15-17-19-26(7-3)29(34)36-23-21-32(28(33)25-31)22-24-37-30(35)27(8-4)20-18-16-14-12-10-6-2/h26-27H,5-25,31H2,1-4H3/p+1. The summed E-state index contributed by atoms with van der Waals surface area (Å²) in [5, 5.41) is 0. The van der Waals surface area contributed by atoms with Gasteiger partial charge in [0.15, 0.2) is 6.54 Å². The van der Waals surface area contributed by atoms with Crippen molar-refractivity contribution in [1.29, 1.82) is 0 Å². The highest BCUT2D eigenvalue weighted by Gasteiger charge is 2.21. The van der Waals surface area contributed by atoms with Gasteiger partial charge in [0.05, 0.1) is 24.9 Å². The maximum Gasteiger partial charge on any atom is 0.308 e. The summed E-state index contributed by atoms with van der Waals surface area (Å²) in [5.41, 5.74) is 3.69. The summed E-state index contributed by atoms with van der Waals surface area (Å²) in [4.78, 5) is 39.0. The SMILES string of the molecule is CCCCCCCCC(CC)C(=O)OCCN(CCOC(=O)C(CC)CCCCCCCC)C(=O)C[NH3+]. The number of carbonyl (C=O) groups excluding carboxylic acids is 3. The molecule has 0 spiro atoms. The number of amides is 1. The van der Waals surface area contributed by atoms with Crippen LogP contribution in [0.2, 0.25) is 0 Å². The van der Waals surface area contributed by atoms with Crippen molar-refractivity contribution in [2.24, 2.45) is 11.8 Å². The molecular formula is C30H59N2O5+. The minimum absolute atomic E-state index is 0.0817. The molecular weight excluding hydrogens is 468 g/mol. The Balaban J connectivity index is 4.36. The van der Waals surface area contributed by atoms with Crippen LogP contribution in [0.4, 0.5) is 0 Å². The molecule has 0 fully saturated rings. The number of ether oxygens (including phenoxy) is 2. The predicted octanol–water partition coefficient (Wildman–Crippen LogP) is 5.70. The summed E-state index contributed by atoms with van der Waals surface area (Å²) >= 11 is 0. The van der Waals surface area contributed by atoms with Gasteiger partial charge >= 0.3 is 11.9 Å². The summed E-state index contributed by atoms with van der Waals surface area (Å²) in [6.45, 7) is 9.47. The van der Waals surface area contributed by atoms with Gasteiger partial charge in [-0.05, 0) is 25.7 Å². The molecule has 3 N–H and O–H groups in total. The van der Waals surface area contributed by atoms with E-state index in [1.807, 2.05) is 13.8 Å². The number of hydrogen-bond acceptors (Lipinski definition) is 5. The number of carbonyl (C=O) groups is 3. The van der Waals surface area contributed by atoms with Crippen LogP contribution in [-0.2, 0) is 23.9 Å². The van der Waals surface area contributed by atoms with Gasteiger partial charge in [-0.3, -0.25) is 14.4 Å². The van der Waals surface area contributed by atoms with E-state index in [9.17, 15) is 14.4 Å². The number of hydrogen-bond donors (Lipinski definition) is 1. The smallest absolute Gasteiger partial charge is 0.308 e. The van der Waals surface area contributed by atoms with Crippen LogP contribution in [0.15, 0.2) is 0 Å². The van der Waals surface area contributed by atoms with Crippen molar-refractivity contribution in [3.63, 3.8) is 0 Å². The Bertz CT molecular complexity index is 542. The first-order valence-electron chi connectivity index (χ1n) is 15.3. The van der Waals surface area contributed by atoms with E-state index in [1.54, 1.807) is 4.90 Å². The molecule has 0 aromatic heterocycles. The van der Waals surface area contributed by atoms with E-state index in [1.165, 1.54) is 51.4 Å². The van der Waals surface area contributed by atoms with Crippen LogP contribution >= 0.6 is 0 Å². The van der Waals surface area contributed by atoms with Gasteiger partial charge in [0, 0.05) is 0 Å². The average molecular weight is 528 g/mol. The van der Waals surface area contributed by atoms with E-state index in [4.69, 9.17) is 9.47 Å². The van der Waals surface area contributed by atoms with Crippen LogP contribution in [0.5, 0.6) is 0 Å². The second kappa shape index (κ2) is 24.7. The molecule has 0 aliphatic rings. The largest absolute Gasteiger partial charge is 0.464 e. The molecule has 0 saturated carbocycles. The number of rotatable bonds is 25. The van der Waals surface area contributed by atoms with E-state index in [0.717, 1.165) is 51.4 Å². The lowest BCUT2D eigenvalue weighted by Gasteiger charge is -2.22. The van der Waals surface area contributed by atoms with Gasteiger partial charge in [-0.2, -0.15) is 0 Å². The molecule has 2 unspecified atom stereocenters. The fourth-order valence-corrected chi connectivity index (χ4v) is 4.59. The maximum atomic E-state index is 12.5. The fourth-order valence-electron chi connectivity index (χ4n) is 4.59. The van der Waals surface area contributed by atoms with Crippen molar-refractivity contribution in [2.45, 2.75) is 130 Å². The minimum Gasteiger partial charge on any atom is -0.464 e. The number of unbranched alkanes of at least 4 members (excludes halogenated alkanes) is 10. The Labute approximate surface area is 227 Å². The van der Waals surface area contributed by atoms with Crippen molar-refractivity contribution < 1.29 is 29.6 Å². The van der Waals surface area contributed by atoms with Crippen molar-refractivity contribution >= 4 is 17.8 Å². The van der Waals surface area contributed by atoms with E-state index in [0.29, 0.717) is 13.1 Å². The molecule has 0 aliphatic carbocycles. The van der Waals surface area contributed by atoms with Crippen LogP contribution in [0.3, 0.4) is 0 Å². The van der Waals surface area contributed by atoms with Crippen molar-refractivity contribution in [1.82, 2.24) is 4.90 Å². The van der Waals surface area contributed by atoms with E-state index < -0.39 is 0 Å². The van der Waals surface area contributed by atoms with Gasteiger partial charge in [-0.25, -0.2) is 0 Å². The van der Waals surface area contributed by atoms with Crippen LogP contribution in [0.25, 0.3) is 0 Å². The Hall–Kier alpha value is -1.63. The molecule has 1 amide bonds. The van der Waals surface area contributed by atoms with Gasteiger partial charge in [-0.15, -0.1) is 0 Å². The molecule has 0 bridgehead atoms. The highest BCUT2D eigenvalue weighted by Crippen LogP contribution is 2.18. The van der Waals surface area contributed by atoms with Gasteiger partial charge < -0.3 is 20.1 Å².